The number of benzene rings is 1. The number of aliphatic hydroxyl groups is 1. The number of aromatic nitrogens is 2. The Morgan fingerprint density at radius 2 is 1.90 bits per heavy atom. The number of aryl methyl sites for hydroxylation is 1. The van der Waals surface area contributed by atoms with Crippen molar-refractivity contribution in [3.63, 3.8) is 0 Å². The number of halogens is 1. The van der Waals surface area contributed by atoms with Crippen LogP contribution in [0.4, 0.5) is 0 Å². The molecule has 2 N–H and O–H groups in total. The highest BCUT2D eigenvalue weighted by Gasteiger charge is 2.45. The highest BCUT2D eigenvalue weighted by atomic mass is 127. The first-order valence-electron chi connectivity index (χ1n) is 10.6. The molecular formula is C23H34IN3O2. The maximum absolute atomic E-state index is 13.2. The van der Waals surface area contributed by atoms with Gasteiger partial charge in [-0.05, 0) is 18.4 Å². The molecule has 2 aromatic rings. The molecule has 160 valence electrons. The van der Waals surface area contributed by atoms with Crippen molar-refractivity contribution in [3.8, 4) is 0 Å². The number of rotatable bonds is 7. The molecule has 1 atom stereocenters. The quantitative estimate of drug-likeness (QED) is 0.407. The van der Waals surface area contributed by atoms with Crippen molar-refractivity contribution >= 4 is 5.91 Å². The van der Waals surface area contributed by atoms with E-state index in [-0.39, 0.29) is 35.8 Å². The summed E-state index contributed by atoms with van der Waals surface area (Å²) in [6, 6.07) is 9.45. The summed E-state index contributed by atoms with van der Waals surface area (Å²) >= 11 is 0. The van der Waals surface area contributed by atoms with Crippen LogP contribution in [0.15, 0.2) is 42.7 Å². The maximum atomic E-state index is 13.2. The monoisotopic (exact) mass is 511 g/mol. The predicted molar refractivity (Wildman–Crippen MR) is 110 cm³/mol. The van der Waals surface area contributed by atoms with Gasteiger partial charge in [-0.2, -0.15) is 0 Å². The van der Waals surface area contributed by atoms with Crippen LogP contribution in [-0.2, 0) is 24.0 Å². The molecule has 1 amide bonds. The van der Waals surface area contributed by atoms with E-state index in [1.807, 2.05) is 49.8 Å². The lowest BCUT2D eigenvalue weighted by molar-refractivity contribution is -0.680. The third-order valence-electron chi connectivity index (χ3n) is 6.04. The van der Waals surface area contributed by atoms with Crippen LogP contribution in [0.5, 0.6) is 0 Å². The van der Waals surface area contributed by atoms with Crippen LogP contribution in [-0.4, -0.2) is 22.1 Å². The average Bonchev–Trinajstić information content (AvgIpc) is 3.09. The maximum Gasteiger partial charge on any atom is 0.258 e. The van der Waals surface area contributed by atoms with E-state index in [2.05, 4.69) is 28.3 Å². The molecule has 0 radical (unpaired) electrons. The van der Waals surface area contributed by atoms with E-state index >= 15 is 0 Å². The standard InChI is InChI=1S/C23H33N3O2.HI/c1-18(2)21-25(3)16-17-26(21)15-14-24-22(27)23(28,19-10-6-4-7-11-19)20-12-8-5-9-13-20;/h4,6-7,10-11,16-18,20,28H,5,8-9,12-15H2,1-3H3;1H. The number of nitrogens with zero attached hydrogens (tertiary/aromatic N) is 2. The van der Waals surface area contributed by atoms with Gasteiger partial charge in [-0.3, -0.25) is 4.79 Å². The van der Waals surface area contributed by atoms with Crippen LogP contribution in [0.25, 0.3) is 0 Å². The summed E-state index contributed by atoms with van der Waals surface area (Å²) in [5.41, 5.74) is -0.751. The Labute approximate surface area is 191 Å². The molecule has 1 aliphatic rings. The van der Waals surface area contributed by atoms with E-state index in [0.29, 0.717) is 24.6 Å². The topological polar surface area (TPSA) is 58.1 Å². The molecule has 3 rings (SSSR count). The van der Waals surface area contributed by atoms with Gasteiger partial charge in [0.15, 0.2) is 5.60 Å². The van der Waals surface area contributed by atoms with E-state index in [9.17, 15) is 9.90 Å². The molecule has 0 saturated heterocycles. The average molecular weight is 511 g/mol. The van der Waals surface area contributed by atoms with Crippen molar-refractivity contribution < 1.29 is 38.4 Å². The highest BCUT2D eigenvalue weighted by molar-refractivity contribution is 5.86. The lowest BCUT2D eigenvalue weighted by Gasteiger charge is -2.37. The van der Waals surface area contributed by atoms with Gasteiger partial charge < -0.3 is 34.4 Å². The Morgan fingerprint density at radius 3 is 2.52 bits per heavy atom. The summed E-state index contributed by atoms with van der Waals surface area (Å²) in [6.45, 7) is 5.52. The number of hydrogen-bond donors (Lipinski definition) is 2. The van der Waals surface area contributed by atoms with Gasteiger partial charge in [0.25, 0.3) is 11.7 Å². The van der Waals surface area contributed by atoms with Crippen molar-refractivity contribution in [2.75, 3.05) is 6.54 Å². The van der Waals surface area contributed by atoms with Gasteiger partial charge in [0, 0.05) is 5.92 Å². The summed E-state index contributed by atoms with van der Waals surface area (Å²) < 4.78 is 4.29. The van der Waals surface area contributed by atoms with E-state index in [4.69, 9.17) is 0 Å². The van der Waals surface area contributed by atoms with Crippen molar-refractivity contribution in [1.82, 2.24) is 9.88 Å². The van der Waals surface area contributed by atoms with Crippen LogP contribution < -0.4 is 33.9 Å². The Morgan fingerprint density at radius 1 is 1.24 bits per heavy atom. The van der Waals surface area contributed by atoms with E-state index in [1.54, 1.807) is 0 Å². The second kappa shape index (κ2) is 10.6. The molecule has 5 nitrogen and oxygen atoms in total. The van der Waals surface area contributed by atoms with Crippen LogP contribution in [0.2, 0.25) is 0 Å². The van der Waals surface area contributed by atoms with Gasteiger partial charge in [0.05, 0.1) is 19.5 Å². The summed E-state index contributed by atoms with van der Waals surface area (Å²) in [5.74, 6) is 1.33. The van der Waals surface area contributed by atoms with Crippen molar-refractivity contribution in [3.05, 3.63) is 54.1 Å². The third-order valence-corrected chi connectivity index (χ3v) is 6.04. The second-order valence-corrected chi connectivity index (χ2v) is 8.34. The van der Waals surface area contributed by atoms with Crippen LogP contribution in [0.1, 0.15) is 63.3 Å². The SMILES string of the molecule is CC(C)c1n(CCNC(=O)C(O)(c2ccccc2)C2CCCCC2)cc[n+]1C.[I-]. The van der Waals surface area contributed by atoms with Gasteiger partial charge in [0.1, 0.15) is 18.9 Å². The van der Waals surface area contributed by atoms with Gasteiger partial charge in [-0.1, -0.05) is 63.4 Å². The fraction of sp³-hybridized carbons (Fsp3) is 0.565. The lowest BCUT2D eigenvalue weighted by Crippen LogP contribution is -3.00. The fourth-order valence-electron chi connectivity index (χ4n) is 4.65. The van der Waals surface area contributed by atoms with Crippen molar-refractivity contribution in [2.24, 2.45) is 13.0 Å². The molecule has 6 heteroatoms. The number of carbonyl (C=O) groups is 1. The van der Waals surface area contributed by atoms with Gasteiger partial charge >= 0.3 is 0 Å². The normalized spacial score (nSPS) is 16.9. The lowest BCUT2D eigenvalue weighted by atomic mass is 9.73. The summed E-state index contributed by atoms with van der Waals surface area (Å²) in [6.07, 6.45) is 9.21. The molecule has 1 unspecified atom stereocenters. The molecule has 1 saturated carbocycles. The third kappa shape index (κ3) is 5.20. The van der Waals surface area contributed by atoms with Crippen LogP contribution in [0.3, 0.4) is 0 Å². The van der Waals surface area contributed by atoms with Crippen molar-refractivity contribution in [2.45, 2.75) is 64.0 Å². The smallest absolute Gasteiger partial charge is 0.258 e. The first-order chi connectivity index (χ1) is 13.4. The number of nitrogens with one attached hydrogen (secondary N) is 1. The molecule has 0 spiro atoms. The summed E-state index contributed by atoms with van der Waals surface area (Å²) in [4.78, 5) is 13.2. The van der Waals surface area contributed by atoms with Crippen LogP contribution in [0, 0.1) is 5.92 Å². The Bertz CT molecular complexity index is 785. The number of imidazole rings is 1. The molecular weight excluding hydrogens is 477 g/mol. The Balaban J connectivity index is 0.00000300. The summed E-state index contributed by atoms with van der Waals surface area (Å²) in [7, 11) is 2.04. The minimum Gasteiger partial charge on any atom is -1.00 e. The molecule has 0 aliphatic heterocycles. The molecule has 1 aromatic heterocycles. The van der Waals surface area contributed by atoms with Gasteiger partial charge in [0.2, 0.25) is 0 Å². The van der Waals surface area contributed by atoms with E-state index in [1.165, 1.54) is 12.2 Å². The minimum atomic E-state index is -1.45. The highest BCUT2D eigenvalue weighted by Crippen LogP contribution is 2.39. The zero-order valence-corrected chi connectivity index (χ0v) is 19.9. The first kappa shape index (κ1) is 23.9. The molecule has 1 aromatic carbocycles. The van der Waals surface area contributed by atoms with Crippen LogP contribution >= 0.6 is 0 Å². The zero-order valence-electron chi connectivity index (χ0n) is 17.8. The zero-order chi connectivity index (χ0) is 20.1. The molecule has 1 fully saturated rings. The second-order valence-electron chi connectivity index (χ2n) is 8.34. The van der Waals surface area contributed by atoms with Gasteiger partial charge in [-0.15, -0.1) is 0 Å². The Hall–Kier alpha value is -1.41. The number of amides is 1. The largest absolute Gasteiger partial charge is 1.00 e. The molecule has 0 bridgehead atoms. The molecule has 1 aliphatic carbocycles. The molecule has 29 heavy (non-hydrogen) atoms. The van der Waals surface area contributed by atoms with Gasteiger partial charge in [-0.25, -0.2) is 9.13 Å². The van der Waals surface area contributed by atoms with Crippen molar-refractivity contribution in [1.29, 1.82) is 0 Å². The predicted octanol–water partition coefficient (Wildman–Crippen LogP) is 0.0243. The van der Waals surface area contributed by atoms with E-state index < -0.39 is 5.60 Å². The first-order valence-corrected chi connectivity index (χ1v) is 10.6. The Kier molecular flexibility index (Phi) is 8.70. The number of carbonyl (C=O) groups excluding carboxylic acids is 1. The fourth-order valence-corrected chi connectivity index (χ4v) is 4.65. The number of hydrogen-bond acceptors (Lipinski definition) is 2. The molecule has 1 heterocycles. The van der Waals surface area contributed by atoms with E-state index in [0.717, 1.165) is 25.7 Å². The summed E-state index contributed by atoms with van der Waals surface area (Å²) in [5, 5.41) is 14.6. The minimum absolute atomic E-state index is 0.